The van der Waals surface area contributed by atoms with Crippen molar-refractivity contribution in [2.75, 3.05) is 13.2 Å². The van der Waals surface area contributed by atoms with Gasteiger partial charge in [-0.1, -0.05) is 0 Å². The molecule has 0 atom stereocenters. The Morgan fingerprint density at radius 3 is 2.59 bits per heavy atom. The first-order valence-corrected chi connectivity index (χ1v) is 5.68. The lowest BCUT2D eigenvalue weighted by atomic mass is 10.2. The first-order valence-electron chi connectivity index (χ1n) is 5.28. The predicted octanol–water partition coefficient (Wildman–Crippen LogP) is 1.67. The summed E-state index contributed by atoms with van der Waals surface area (Å²) in [6.45, 7) is 5.96. The van der Waals surface area contributed by atoms with Gasteiger partial charge in [-0.2, -0.15) is 0 Å². The van der Waals surface area contributed by atoms with Gasteiger partial charge in [0.2, 0.25) is 5.05 Å². The highest BCUT2D eigenvalue weighted by Gasteiger charge is 2.19. The molecular formula is C11H14N2O3S. The van der Waals surface area contributed by atoms with E-state index in [4.69, 9.17) is 21.7 Å². The molecule has 0 spiro atoms. The van der Waals surface area contributed by atoms with E-state index in [0.29, 0.717) is 18.1 Å². The number of aryl methyl sites for hydroxylation is 1. The van der Waals surface area contributed by atoms with Crippen molar-refractivity contribution in [1.82, 2.24) is 9.97 Å². The van der Waals surface area contributed by atoms with Crippen molar-refractivity contribution < 1.29 is 14.3 Å². The Labute approximate surface area is 105 Å². The molecule has 6 heteroatoms. The predicted molar refractivity (Wildman–Crippen MR) is 66.1 cm³/mol. The van der Waals surface area contributed by atoms with Crippen LogP contribution < -0.4 is 0 Å². The largest absolute Gasteiger partial charge is 0.482 e. The number of hydrogen-bond acceptors (Lipinski definition) is 6. The zero-order valence-electron chi connectivity index (χ0n) is 10.0. The van der Waals surface area contributed by atoms with E-state index in [1.807, 2.05) is 6.92 Å². The van der Waals surface area contributed by atoms with Crippen molar-refractivity contribution in [3.05, 3.63) is 23.3 Å². The van der Waals surface area contributed by atoms with E-state index < -0.39 is 5.97 Å². The van der Waals surface area contributed by atoms with Gasteiger partial charge in [-0.05, 0) is 33.0 Å². The minimum Gasteiger partial charge on any atom is -0.482 e. The summed E-state index contributed by atoms with van der Waals surface area (Å²) in [5.41, 5.74) is 0.545. The van der Waals surface area contributed by atoms with Crippen LogP contribution in [0.4, 0.5) is 0 Å². The molecule has 92 valence electrons. The third-order valence-electron chi connectivity index (χ3n) is 1.87. The fourth-order valence-corrected chi connectivity index (χ4v) is 1.46. The molecule has 0 N–H and O–H groups in total. The fourth-order valence-electron chi connectivity index (χ4n) is 1.18. The standard InChI is InChI=1S/C11H14N2O3S/c1-4-15-10(14)8-6-12-7(3)13-9(8)11(17)16-5-2/h6H,4-5H2,1-3H3. The number of thiocarbonyl (C=S) groups is 1. The summed E-state index contributed by atoms with van der Waals surface area (Å²) >= 11 is 5.05. The molecular weight excluding hydrogens is 240 g/mol. The minimum absolute atomic E-state index is 0.182. The van der Waals surface area contributed by atoms with E-state index >= 15 is 0 Å². The maximum atomic E-state index is 11.7. The Balaban J connectivity index is 3.11. The molecule has 0 saturated heterocycles. The Bertz CT molecular complexity index is 435. The molecule has 17 heavy (non-hydrogen) atoms. The minimum atomic E-state index is -0.496. The zero-order valence-corrected chi connectivity index (χ0v) is 10.8. The van der Waals surface area contributed by atoms with Gasteiger partial charge in [0.1, 0.15) is 17.1 Å². The fraction of sp³-hybridized carbons (Fsp3) is 0.455. The maximum Gasteiger partial charge on any atom is 0.342 e. The number of hydrogen-bond donors (Lipinski definition) is 0. The molecule has 1 aromatic rings. The molecule has 0 aliphatic rings. The van der Waals surface area contributed by atoms with Crippen LogP contribution in [0.5, 0.6) is 0 Å². The lowest BCUT2D eigenvalue weighted by molar-refractivity contribution is 0.0524. The molecule has 0 aromatic carbocycles. The summed E-state index contributed by atoms with van der Waals surface area (Å²) in [6.07, 6.45) is 1.40. The summed E-state index contributed by atoms with van der Waals surface area (Å²) in [5.74, 6) is 0.0275. The van der Waals surface area contributed by atoms with E-state index in [9.17, 15) is 4.79 Å². The summed E-state index contributed by atoms with van der Waals surface area (Å²) in [5, 5.41) is 0.182. The van der Waals surface area contributed by atoms with Crippen LogP contribution in [0.3, 0.4) is 0 Å². The molecule has 1 aromatic heterocycles. The van der Waals surface area contributed by atoms with Gasteiger partial charge in [0, 0.05) is 6.20 Å². The van der Waals surface area contributed by atoms with Gasteiger partial charge in [-0.3, -0.25) is 0 Å². The molecule has 0 bridgehead atoms. The van der Waals surface area contributed by atoms with Gasteiger partial charge < -0.3 is 9.47 Å². The van der Waals surface area contributed by atoms with Crippen LogP contribution in [0.25, 0.3) is 0 Å². The molecule has 0 aliphatic heterocycles. The normalized spacial score (nSPS) is 9.82. The highest BCUT2D eigenvalue weighted by Crippen LogP contribution is 2.10. The number of nitrogens with zero attached hydrogens (tertiary/aromatic N) is 2. The van der Waals surface area contributed by atoms with Crippen LogP contribution in [0.1, 0.15) is 35.7 Å². The first kappa shape index (κ1) is 13.5. The van der Waals surface area contributed by atoms with Crippen molar-refractivity contribution in [3.8, 4) is 0 Å². The lowest BCUT2D eigenvalue weighted by Crippen LogP contribution is -2.16. The molecule has 0 fully saturated rings. The van der Waals surface area contributed by atoms with Gasteiger partial charge in [0.15, 0.2) is 0 Å². The van der Waals surface area contributed by atoms with E-state index in [0.717, 1.165) is 0 Å². The average molecular weight is 254 g/mol. The number of aromatic nitrogens is 2. The highest BCUT2D eigenvalue weighted by atomic mass is 32.1. The van der Waals surface area contributed by atoms with Crippen molar-refractivity contribution in [3.63, 3.8) is 0 Å². The molecule has 0 unspecified atom stereocenters. The van der Waals surface area contributed by atoms with Crippen LogP contribution in [0, 0.1) is 6.92 Å². The molecule has 5 nitrogen and oxygen atoms in total. The highest BCUT2D eigenvalue weighted by molar-refractivity contribution is 7.80. The van der Waals surface area contributed by atoms with Crippen molar-refractivity contribution in [2.45, 2.75) is 20.8 Å². The summed E-state index contributed by atoms with van der Waals surface area (Å²) < 4.78 is 10.1. The molecule has 0 aliphatic carbocycles. The van der Waals surface area contributed by atoms with Crippen LogP contribution in [-0.4, -0.2) is 34.2 Å². The Morgan fingerprint density at radius 1 is 1.35 bits per heavy atom. The third kappa shape index (κ3) is 3.45. The van der Waals surface area contributed by atoms with E-state index in [1.54, 1.807) is 13.8 Å². The molecule has 0 saturated carbocycles. The van der Waals surface area contributed by atoms with Crippen LogP contribution in [0.15, 0.2) is 6.20 Å². The number of esters is 1. The molecule has 0 radical (unpaired) electrons. The van der Waals surface area contributed by atoms with Gasteiger partial charge in [0.05, 0.1) is 13.2 Å². The van der Waals surface area contributed by atoms with Crippen molar-refractivity contribution >= 4 is 23.2 Å². The Hall–Kier alpha value is -1.56. The summed E-state index contributed by atoms with van der Waals surface area (Å²) in [4.78, 5) is 19.7. The second-order valence-electron chi connectivity index (χ2n) is 3.12. The maximum absolute atomic E-state index is 11.7. The molecule has 0 amide bonds. The third-order valence-corrected chi connectivity index (χ3v) is 2.18. The number of ether oxygens (including phenoxy) is 2. The molecule has 1 heterocycles. The number of carbonyl (C=O) groups is 1. The monoisotopic (exact) mass is 254 g/mol. The van der Waals surface area contributed by atoms with E-state index in [1.165, 1.54) is 6.20 Å². The number of rotatable bonds is 4. The first-order chi connectivity index (χ1) is 8.10. The Morgan fingerprint density at radius 2 is 2.00 bits per heavy atom. The van der Waals surface area contributed by atoms with Gasteiger partial charge in [-0.15, -0.1) is 0 Å². The van der Waals surface area contributed by atoms with Crippen molar-refractivity contribution in [1.29, 1.82) is 0 Å². The summed E-state index contributed by atoms with van der Waals surface area (Å²) in [7, 11) is 0. The SMILES string of the molecule is CCOC(=O)c1cnc(C)nc1C(=S)OCC. The quantitative estimate of drug-likeness (QED) is 0.601. The van der Waals surface area contributed by atoms with E-state index in [2.05, 4.69) is 9.97 Å². The van der Waals surface area contributed by atoms with Crippen molar-refractivity contribution in [2.24, 2.45) is 0 Å². The van der Waals surface area contributed by atoms with E-state index in [-0.39, 0.29) is 17.2 Å². The second-order valence-corrected chi connectivity index (χ2v) is 3.49. The van der Waals surface area contributed by atoms with Gasteiger partial charge >= 0.3 is 5.97 Å². The van der Waals surface area contributed by atoms with Gasteiger partial charge in [-0.25, -0.2) is 14.8 Å². The second kappa shape index (κ2) is 6.24. The summed E-state index contributed by atoms with van der Waals surface area (Å²) in [6, 6.07) is 0. The molecule has 1 rings (SSSR count). The van der Waals surface area contributed by atoms with Gasteiger partial charge in [0.25, 0.3) is 0 Å². The average Bonchev–Trinajstić information content (AvgIpc) is 2.29. The topological polar surface area (TPSA) is 61.3 Å². The smallest absolute Gasteiger partial charge is 0.342 e. The zero-order chi connectivity index (χ0) is 12.8. The number of carbonyl (C=O) groups excluding carboxylic acids is 1. The van der Waals surface area contributed by atoms with Crippen LogP contribution in [-0.2, 0) is 9.47 Å². The van der Waals surface area contributed by atoms with Crippen LogP contribution in [0.2, 0.25) is 0 Å². The Kier molecular flexibility index (Phi) is 4.96. The lowest BCUT2D eigenvalue weighted by Gasteiger charge is -2.09. The van der Waals surface area contributed by atoms with Crippen LogP contribution >= 0.6 is 12.2 Å².